The molecule has 0 atom stereocenters. The molecule has 0 amide bonds. The van der Waals surface area contributed by atoms with E-state index >= 15 is 0 Å². The van der Waals surface area contributed by atoms with E-state index in [4.69, 9.17) is 9.73 Å². The molecule has 0 aromatic carbocycles. The number of esters is 1. The van der Waals surface area contributed by atoms with Crippen LogP contribution in [0.25, 0.3) is 0 Å². The molecule has 0 radical (unpaired) electrons. The molecule has 2 aromatic rings. The van der Waals surface area contributed by atoms with Crippen LogP contribution in [0.1, 0.15) is 49.1 Å². The molecular weight excluding hydrogens is 388 g/mol. The Kier molecular flexibility index (Phi) is 7.62. The zero-order chi connectivity index (χ0) is 20.6. The first-order valence-corrected chi connectivity index (χ1v) is 11.0. The average Bonchev–Trinajstić information content (AvgIpc) is 3.35. The molecule has 1 aliphatic carbocycles. The minimum absolute atomic E-state index is 0.0223. The summed E-state index contributed by atoms with van der Waals surface area (Å²) in [6.45, 7) is 5.40. The van der Waals surface area contributed by atoms with Crippen molar-refractivity contribution in [3.8, 4) is 0 Å². The van der Waals surface area contributed by atoms with Crippen molar-refractivity contribution in [2.24, 2.45) is 18.0 Å². The smallest absolute Gasteiger partial charge is 0.308 e. The van der Waals surface area contributed by atoms with Crippen molar-refractivity contribution in [3.05, 3.63) is 34.0 Å². The third-order valence-electron chi connectivity index (χ3n) is 5.26. The third-order valence-corrected chi connectivity index (χ3v) is 6.14. The summed E-state index contributed by atoms with van der Waals surface area (Å²) in [7, 11) is 1.95. The van der Waals surface area contributed by atoms with E-state index in [1.807, 2.05) is 31.5 Å². The zero-order valence-electron chi connectivity index (χ0n) is 17.4. The maximum absolute atomic E-state index is 12.0. The summed E-state index contributed by atoms with van der Waals surface area (Å²) in [4.78, 5) is 17.9. The van der Waals surface area contributed by atoms with Gasteiger partial charge in [0.25, 0.3) is 0 Å². The number of nitrogens with zero attached hydrogens (tertiary/aromatic N) is 4. The van der Waals surface area contributed by atoms with Crippen LogP contribution in [0.4, 0.5) is 0 Å². The van der Waals surface area contributed by atoms with Crippen LogP contribution in [0.5, 0.6) is 0 Å². The number of aromatic nitrogens is 3. The summed E-state index contributed by atoms with van der Waals surface area (Å²) in [6.07, 6.45) is 3.53. The first-order chi connectivity index (χ1) is 14.1. The maximum Gasteiger partial charge on any atom is 0.308 e. The minimum atomic E-state index is -0.0617. The minimum Gasteiger partial charge on any atom is -0.466 e. The molecule has 29 heavy (non-hydrogen) atoms. The fourth-order valence-electron chi connectivity index (χ4n) is 3.40. The van der Waals surface area contributed by atoms with Crippen LogP contribution in [0, 0.1) is 12.8 Å². The van der Waals surface area contributed by atoms with Gasteiger partial charge in [0.15, 0.2) is 11.8 Å². The van der Waals surface area contributed by atoms with E-state index in [2.05, 4.69) is 32.3 Å². The molecule has 0 spiro atoms. The van der Waals surface area contributed by atoms with Crippen molar-refractivity contribution in [1.82, 2.24) is 25.4 Å². The lowest BCUT2D eigenvalue weighted by Crippen LogP contribution is -2.45. The van der Waals surface area contributed by atoms with Crippen LogP contribution < -0.4 is 10.6 Å². The monoisotopic (exact) mass is 418 g/mol. The highest BCUT2D eigenvalue weighted by Crippen LogP contribution is 2.25. The van der Waals surface area contributed by atoms with Crippen molar-refractivity contribution in [2.45, 2.75) is 58.7 Å². The second kappa shape index (κ2) is 10.4. The summed E-state index contributed by atoms with van der Waals surface area (Å²) in [5.74, 6) is 2.42. The largest absolute Gasteiger partial charge is 0.466 e. The van der Waals surface area contributed by atoms with E-state index in [0.29, 0.717) is 13.2 Å². The number of hydrogen-bond donors (Lipinski definition) is 2. The van der Waals surface area contributed by atoms with Crippen molar-refractivity contribution >= 4 is 23.3 Å². The average molecular weight is 419 g/mol. The van der Waals surface area contributed by atoms with Crippen molar-refractivity contribution in [3.63, 3.8) is 0 Å². The molecule has 0 unspecified atom stereocenters. The standard InChI is InChI=1S/C20H30N6O2S/c1-4-28-19(27)15-7-9-16(10-8-15)23-20(21-12-17-6-5-11-29-17)22-13-18-25-24-14(2)26(18)3/h5-6,11,15-16H,4,7-10,12-13H2,1-3H3,(H2,21,22,23). The van der Waals surface area contributed by atoms with E-state index < -0.39 is 0 Å². The van der Waals surface area contributed by atoms with Crippen LogP contribution in [0.15, 0.2) is 22.5 Å². The highest BCUT2D eigenvalue weighted by atomic mass is 32.1. The lowest BCUT2D eigenvalue weighted by molar-refractivity contribution is -0.149. The van der Waals surface area contributed by atoms with Gasteiger partial charge in [-0.1, -0.05) is 6.07 Å². The van der Waals surface area contributed by atoms with Crippen LogP contribution in [-0.2, 0) is 29.7 Å². The maximum atomic E-state index is 12.0. The predicted molar refractivity (Wildman–Crippen MR) is 114 cm³/mol. The first kappa shape index (κ1) is 21.3. The second-order valence-corrected chi connectivity index (χ2v) is 8.30. The molecule has 1 saturated carbocycles. The highest BCUT2D eigenvalue weighted by Gasteiger charge is 2.27. The van der Waals surface area contributed by atoms with Crippen LogP contribution in [0.3, 0.4) is 0 Å². The van der Waals surface area contributed by atoms with Gasteiger partial charge in [0.2, 0.25) is 0 Å². The van der Waals surface area contributed by atoms with E-state index in [1.165, 1.54) is 4.88 Å². The van der Waals surface area contributed by atoms with Crippen molar-refractivity contribution in [1.29, 1.82) is 0 Å². The van der Waals surface area contributed by atoms with Crippen LogP contribution in [0.2, 0.25) is 0 Å². The van der Waals surface area contributed by atoms with Crippen LogP contribution in [-0.4, -0.2) is 39.3 Å². The molecular formula is C20H30N6O2S. The molecule has 158 valence electrons. The second-order valence-electron chi connectivity index (χ2n) is 7.27. The Balaban J connectivity index is 1.59. The zero-order valence-corrected chi connectivity index (χ0v) is 18.2. The number of carbonyl (C=O) groups excluding carboxylic acids is 1. The van der Waals surface area contributed by atoms with Crippen molar-refractivity contribution in [2.75, 3.05) is 6.61 Å². The van der Waals surface area contributed by atoms with Gasteiger partial charge in [0, 0.05) is 18.0 Å². The number of guanidine groups is 1. The fraction of sp³-hybridized carbons (Fsp3) is 0.600. The Bertz CT molecular complexity index is 809. The molecule has 2 N–H and O–H groups in total. The number of aryl methyl sites for hydroxylation is 1. The van der Waals surface area contributed by atoms with Gasteiger partial charge >= 0.3 is 5.97 Å². The summed E-state index contributed by atoms with van der Waals surface area (Å²) in [6, 6.07) is 4.44. The van der Waals surface area contributed by atoms with Gasteiger partial charge in [0.1, 0.15) is 12.4 Å². The number of ether oxygens (including phenoxy) is 1. The molecule has 0 aliphatic heterocycles. The number of rotatable bonds is 7. The van der Waals surface area contributed by atoms with E-state index in [0.717, 1.165) is 49.8 Å². The lowest BCUT2D eigenvalue weighted by atomic mass is 9.86. The molecule has 2 heterocycles. The first-order valence-electron chi connectivity index (χ1n) is 10.2. The van der Waals surface area contributed by atoms with E-state index in [1.54, 1.807) is 11.3 Å². The molecule has 2 aromatic heterocycles. The van der Waals surface area contributed by atoms with E-state index in [-0.39, 0.29) is 17.9 Å². The molecule has 1 fully saturated rings. The van der Waals surface area contributed by atoms with Gasteiger partial charge < -0.3 is 19.9 Å². The third kappa shape index (κ3) is 6.03. The Hall–Kier alpha value is -2.42. The predicted octanol–water partition coefficient (Wildman–Crippen LogP) is 2.54. The van der Waals surface area contributed by atoms with Gasteiger partial charge in [-0.05, 0) is 51.0 Å². The van der Waals surface area contributed by atoms with Gasteiger partial charge in [-0.15, -0.1) is 21.5 Å². The molecule has 0 saturated heterocycles. The molecule has 9 heteroatoms. The fourth-order valence-corrected chi connectivity index (χ4v) is 4.05. The Labute approximate surface area is 175 Å². The molecule has 8 nitrogen and oxygen atoms in total. The molecule has 0 bridgehead atoms. The number of hydrogen-bond acceptors (Lipinski definition) is 6. The summed E-state index contributed by atoms with van der Waals surface area (Å²) in [5, 5.41) is 17.3. The number of thiophene rings is 1. The van der Waals surface area contributed by atoms with Crippen LogP contribution >= 0.6 is 11.3 Å². The Morgan fingerprint density at radius 1 is 1.34 bits per heavy atom. The van der Waals surface area contributed by atoms with E-state index in [9.17, 15) is 4.79 Å². The number of carbonyl (C=O) groups is 1. The number of aliphatic imine (C=N–C) groups is 1. The highest BCUT2D eigenvalue weighted by molar-refractivity contribution is 7.09. The number of nitrogens with one attached hydrogen (secondary N) is 2. The van der Waals surface area contributed by atoms with Gasteiger partial charge in [0.05, 0.1) is 19.1 Å². The molecule has 1 aliphatic rings. The SMILES string of the molecule is CCOC(=O)C1CCC(NC(=NCc2nnc(C)n2C)NCc2cccs2)CC1. The quantitative estimate of drug-likeness (QED) is 0.408. The Morgan fingerprint density at radius 3 is 2.76 bits per heavy atom. The summed E-state index contributed by atoms with van der Waals surface area (Å²) < 4.78 is 7.12. The summed E-state index contributed by atoms with van der Waals surface area (Å²) >= 11 is 1.72. The Morgan fingerprint density at radius 2 is 2.14 bits per heavy atom. The lowest BCUT2D eigenvalue weighted by Gasteiger charge is -2.29. The van der Waals surface area contributed by atoms with Gasteiger partial charge in [-0.3, -0.25) is 4.79 Å². The van der Waals surface area contributed by atoms with Crippen molar-refractivity contribution < 1.29 is 9.53 Å². The topological polar surface area (TPSA) is 93.4 Å². The van der Waals surface area contributed by atoms with Gasteiger partial charge in [-0.2, -0.15) is 0 Å². The summed E-state index contributed by atoms with van der Waals surface area (Å²) in [5.41, 5.74) is 0. The molecule has 3 rings (SSSR count). The normalized spacial score (nSPS) is 19.8. The van der Waals surface area contributed by atoms with Gasteiger partial charge in [-0.25, -0.2) is 4.99 Å².